The first-order valence-electron chi connectivity index (χ1n) is 7.02. The van der Waals surface area contributed by atoms with Gasteiger partial charge in [-0.25, -0.2) is 0 Å². The number of likely N-dealkylation sites (tertiary alicyclic amines) is 1. The van der Waals surface area contributed by atoms with Crippen LogP contribution in [0.4, 0.5) is 0 Å². The smallest absolute Gasteiger partial charge is 0.110 e. The SMILES string of the molecule is CC(C)C1CCC(OCc2ccccc2)N(C)C1. The van der Waals surface area contributed by atoms with E-state index in [1.165, 1.54) is 12.0 Å². The highest BCUT2D eigenvalue weighted by molar-refractivity contribution is 5.13. The van der Waals surface area contributed by atoms with E-state index in [4.69, 9.17) is 4.74 Å². The maximum atomic E-state index is 6.04. The fraction of sp³-hybridized carbons (Fsp3) is 0.625. The molecule has 0 spiro atoms. The van der Waals surface area contributed by atoms with Gasteiger partial charge in [-0.05, 0) is 37.3 Å². The van der Waals surface area contributed by atoms with E-state index in [0.29, 0.717) is 6.23 Å². The number of benzene rings is 1. The van der Waals surface area contributed by atoms with E-state index in [1.54, 1.807) is 0 Å². The Morgan fingerprint density at radius 3 is 2.56 bits per heavy atom. The molecule has 2 nitrogen and oxygen atoms in total. The lowest BCUT2D eigenvalue weighted by Gasteiger charge is -2.38. The highest BCUT2D eigenvalue weighted by Gasteiger charge is 2.27. The highest BCUT2D eigenvalue weighted by Crippen LogP contribution is 2.27. The number of hydrogen-bond acceptors (Lipinski definition) is 2. The second kappa shape index (κ2) is 6.35. The van der Waals surface area contributed by atoms with E-state index >= 15 is 0 Å². The molecule has 2 rings (SSSR count). The van der Waals surface area contributed by atoms with Crippen molar-refractivity contribution in [2.75, 3.05) is 13.6 Å². The molecule has 0 radical (unpaired) electrons. The van der Waals surface area contributed by atoms with Crippen molar-refractivity contribution in [1.29, 1.82) is 0 Å². The molecule has 0 saturated carbocycles. The predicted molar refractivity (Wildman–Crippen MR) is 75.2 cm³/mol. The maximum Gasteiger partial charge on any atom is 0.110 e. The molecular weight excluding hydrogens is 222 g/mol. The Labute approximate surface area is 111 Å². The molecule has 1 saturated heterocycles. The van der Waals surface area contributed by atoms with E-state index in [1.807, 2.05) is 6.07 Å². The quantitative estimate of drug-likeness (QED) is 0.807. The molecule has 1 aromatic rings. The summed E-state index contributed by atoms with van der Waals surface area (Å²) < 4.78 is 6.04. The van der Waals surface area contributed by atoms with E-state index < -0.39 is 0 Å². The zero-order valence-electron chi connectivity index (χ0n) is 11.8. The minimum atomic E-state index is 0.292. The van der Waals surface area contributed by atoms with Crippen molar-refractivity contribution in [3.8, 4) is 0 Å². The summed E-state index contributed by atoms with van der Waals surface area (Å²) in [7, 11) is 2.18. The van der Waals surface area contributed by atoms with Crippen LogP contribution < -0.4 is 0 Å². The number of nitrogens with zero attached hydrogens (tertiary/aromatic N) is 1. The molecule has 2 atom stereocenters. The Morgan fingerprint density at radius 2 is 1.94 bits per heavy atom. The molecular formula is C16H25NO. The van der Waals surface area contributed by atoms with Crippen molar-refractivity contribution >= 4 is 0 Å². The number of rotatable bonds is 4. The summed E-state index contributed by atoms with van der Waals surface area (Å²) in [6.45, 7) is 6.53. The van der Waals surface area contributed by atoms with Crippen molar-refractivity contribution in [3.63, 3.8) is 0 Å². The summed E-state index contributed by atoms with van der Waals surface area (Å²) >= 11 is 0. The summed E-state index contributed by atoms with van der Waals surface area (Å²) in [5.74, 6) is 1.61. The van der Waals surface area contributed by atoms with E-state index in [2.05, 4.69) is 50.1 Å². The minimum Gasteiger partial charge on any atom is -0.358 e. The van der Waals surface area contributed by atoms with Crippen LogP contribution in [0.2, 0.25) is 0 Å². The van der Waals surface area contributed by atoms with Crippen LogP contribution in [0.3, 0.4) is 0 Å². The largest absolute Gasteiger partial charge is 0.358 e. The van der Waals surface area contributed by atoms with Gasteiger partial charge in [0.25, 0.3) is 0 Å². The summed E-state index contributed by atoms with van der Waals surface area (Å²) in [6, 6.07) is 10.4. The standard InChI is InChI=1S/C16H25NO/c1-13(2)15-9-10-16(17(3)11-15)18-12-14-7-5-4-6-8-14/h4-8,13,15-16H,9-12H2,1-3H3. The summed E-state index contributed by atoms with van der Waals surface area (Å²) in [5.41, 5.74) is 1.26. The molecule has 18 heavy (non-hydrogen) atoms. The van der Waals surface area contributed by atoms with Gasteiger partial charge in [0, 0.05) is 6.54 Å². The average molecular weight is 247 g/mol. The molecule has 1 fully saturated rings. The van der Waals surface area contributed by atoms with Crippen LogP contribution in [0, 0.1) is 11.8 Å². The third-order valence-electron chi connectivity index (χ3n) is 4.03. The monoisotopic (exact) mass is 247 g/mol. The van der Waals surface area contributed by atoms with Gasteiger partial charge in [0.1, 0.15) is 6.23 Å². The first-order valence-corrected chi connectivity index (χ1v) is 7.02. The van der Waals surface area contributed by atoms with Gasteiger partial charge in [-0.3, -0.25) is 4.90 Å². The molecule has 0 N–H and O–H groups in total. The van der Waals surface area contributed by atoms with Crippen LogP contribution in [-0.2, 0) is 11.3 Å². The second-order valence-corrected chi connectivity index (χ2v) is 5.77. The molecule has 0 aromatic heterocycles. The first kappa shape index (κ1) is 13.6. The molecule has 0 amide bonds. The van der Waals surface area contributed by atoms with Crippen molar-refractivity contribution in [3.05, 3.63) is 35.9 Å². The molecule has 1 aromatic carbocycles. The molecule has 1 aliphatic heterocycles. The second-order valence-electron chi connectivity index (χ2n) is 5.77. The van der Waals surface area contributed by atoms with Gasteiger partial charge in [0.05, 0.1) is 6.61 Å². The van der Waals surface area contributed by atoms with E-state index in [9.17, 15) is 0 Å². The number of ether oxygens (including phenoxy) is 1. The minimum absolute atomic E-state index is 0.292. The molecule has 2 unspecified atom stereocenters. The van der Waals surface area contributed by atoms with Gasteiger partial charge in [-0.2, -0.15) is 0 Å². The molecule has 1 heterocycles. The van der Waals surface area contributed by atoms with Crippen LogP contribution >= 0.6 is 0 Å². The molecule has 1 aliphatic rings. The fourth-order valence-electron chi connectivity index (χ4n) is 2.68. The Balaban J connectivity index is 1.81. The zero-order chi connectivity index (χ0) is 13.0. The topological polar surface area (TPSA) is 12.5 Å². The first-order chi connectivity index (χ1) is 8.66. The number of piperidine rings is 1. The maximum absolute atomic E-state index is 6.04. The van der Waals surface area contributed by atoms with Gasteiger partial charge in [0.15, 0.2) is 0 Å². The van der Waals surface area contributed by atoms with Gasteiger partial charge in [0.2, 0.25) is 0 Å². The summed E-state index contributed by atoms with van der Waals surface area (Å²) in [5, 5.41) is 0. The average Bonchev–Trinajstić information content (AvgIpc) is 2.38. The predicted octanol–water partition coefficient (Wildman–Crippen LogP) is 3.53. The van der Waals surface area contributed by atoms with Crippen molar-refractivity contribution < 1.29 is 4.74 Å². The Morgan fingerprint density at radius 1 is 1.22 bits per heavy atom. The Kier molecular flexibility index (Phi) is 4.79. The Bertz CT molecular complexity index is 349. The molecule has 0 aliphatic carbocycles. The van der Waals surface area contributed by atoms with Crippen molar-refractivity contribution in [2.45, 2.75) is 39.5 Å². The molecule has 2 heteroatoms. The van der Waals surface area contributed by atoms with Crippen LogP contribution in [0.5, 0.6) is 0 Å². The van der Waals surface area contributed by atoms with Crippen molar-refractivity contribution in [2.24, 2.45) is 11.8 Å². The number of hydrogen-bond donors (Lipinski definition) is 0. The van der Waals surface area contributed by atoms with Crippen LogP contribution in [0.1, 0.15) is 32.3 Å². The van der Waals surface area contributed by atoms with E-state index in [-0.39, 0.29) is 0 Å². The van der Waals surface area contributed by atoms with Gasteiger partial charge in [-0.1, -0.05) is 44.2 Å². The van der Waals surface area contributed by atoms with Gasteiger partial charge < -0.3 is 4.74 Å². The molecule has 100 valence electrons. The van der Waals surface area contributed by atoms with Crippen LogP contribution in [0.25, 0.3) is 0 Å². The van der Waals surface area contributed by atoms with Crippen LogP contribution in [0.15, 0.2) is 30.3 Å². The lowest BCUT2D eigenvalue weighted by molar-refractivity contribution is -0.0919. The van der Waals surface area contributed by atoms with E-state index in [0.717, 1.165) is 31.4 Å². The Hall–Kier alpha value is -0.860. The third-order valence-corrected chi connectivity index (χ3v) is 4.03. The third kappa shape index (κ3) is 3.56. The fourth-order valence-corrected chi connectivity index (χ4v) is 2.68. The van der Waals surface area contributed by atoms with Crippen LogP contribution in [-0.4, -0.2) is 24.7 Å². The highest BCUT2D eigenvalue weighted by atomic mass is 16.5. The summed E-state index contributed by atoms with van der Waals surface area (Å²) in [4.78, 5) is 2.37. The zero-order valence-corrected chi connectivity index (χ0v) is 11.8. The molecule has 0 bridgehead atoms. The lowest BCUT2D eigenvalue weighted by Crippen LogP contribution is -2.43. The van der Waals surface area contributed by atoms with Gasteiger partial charge >= 0.3 is 0 Å². The lowest BCUT2D eigenvalue weighted by atomic mass is 9.87. The van der Waals surface area contributed by atoms with Gasteiger partial charge in [-0.15, -0.1) is 0 Å². The normalized spacial score (nSPS) is 25.6. The summed E-state index contributed by atoms with van der Waals surface area (Å²) in [6.07, 6.45) is 2.74. The van der Waals surface area contributed by atoms with Crippen molar-refractivity contribution in [1.82, 2.24) is 4.90 Å².